The Labute approximate surface area is 145 Å². The summed E-state index contributed by atoms with van der Waals surface area (Å²) < 4.78 is 38.1. The summed E-state index contributed by atoms with van der Waals surface area (Å²) in [4.78, 5) is 25.5. The maximum Gasteiger partial charge on any atom is 0.321 e. The van der Waals surface area contributed by atoms with Crippen LogP contribution in [0.3, 0.4) is 0 Å². The Balaban J connectivity index is 1.72. The Morgan fingerprint density at radius 2 is 1.88 bits per heavy atom. The van der Waals surface area contributed by atoms with Crippen molar-refractivity contribution in [1.82, 2.24) is 9.21 Å². The number of piperazine rings is 1. The van der Waals surface area contributed by atoms with Crippen LogP contribution in [-0.2, 0) is 21.2 Å². The molecule has 1 aromatic rings. The van der Waals surface area contributed by atoms with Crippen LogP contribution in [0, 0.1) is 5.82 Å². The molecule has 25 heavy (non-hydrogen) atoms. The molecule has 0 aliphatic carbocycles. The van der Waals surface area contributed by atoms with Gasteiger partial charge < -0.3 is 15.5 Å². The molecule has 1 fully saturated rings. The van der Waals surface area contributed by atoms with Crippen LogP contribution in [0.25, 0.3) is 0 Å². The largest absolute Gasteiger partial charge is 0.324 e. The molecule has 0 bridgehead atoms. The Hall–Kier alpha value is -2.20. The van der Waals surface area contributed by atoms with E-state index in [0.717, 1.165) is 12.3 Å². The number of aryl methyl sites for hydroxylation is 1. The number of amides is 3. The molecule has 2 aliphatic heterocycles. The van der Waals surface area contributed by atoms with Crippen molar-refractivity contribution in [3.63, 3.8) is 0 Å². The lowest BCUT2D eigenvalue weighted by Gasteiger charge is -2.33. The smallest absolute Gasteiger partial charge is 0.321 e. The van der Waals surface area contributed by atoms with E-state index in [0.29, 0.717) is 17.7 Å². The third kappa shape index (κ3) is 3.90. The number of fused-ring (bicyclic) bond motifs is 1. The monoisotopic (exact) mass is 370 g/mol. The summed E-state index contributed by atoms with van der Waals surface area (Å²) in [7, 11) is -3.28. The SMILES string of the molecule is CS(=O)(=O)N1CCN(C(=O)Nc2cc(F)cc3c2NC(=O)CC3)CC1. The topological polar surface area (TPSA) is 98.8 Å². The number of rotatable bonds is 2. The van der Waals surface area contributed by atoms with E-state index in [9.17, 15) is 22.4 Å². The second kappa shape index (κ2) is 6.60. The minimum absolute atomic E-state index is 0.184. The van der Waals surface area contributed by atoms with Gasteiger partial charge in [0.25, 0.3) is 0 Å². The maximum absolute atomic E-state index is 13.8. The third-order valence-electron chi connectivity index (χ3n) is 4.31. The second-order valence-electron chi connectivity index (χ2n) is 6.11. The average molecular weight is 370 g/mol. The quantitative estimate of drug-likeness (QED) is 0.805. The molecule has 0 radical (unpaired) electrons. The molecule has 0 aromatic heterocycles. The zero-order chi connectivity index (χ0) is 18.2. The lowest BCUT2D eigenvalue weighted by Crippen LogP contribution is -2.51. The van der Waals surface area contributed by atoms with Gasteiger partial charge >= 0.3 is 6.03 Å². The van der Waals surface area contributed by atoms with Crippen LogP contribution >= 0.6 is 0 Å². The third-order valence-corrected chi connectivity index (χ3v) is 5.61. The van der Waals surface area contributed by atoms with Crippen molar-refractivity contribution in [2.75, 3.05) is 43.1 Å². The summed E-state index contributed by atoms with van der Waals surface area (Å²) in [6.07, 6.45) is 1.82. The number of carbonyl (C=O) groups excluding carboxylic acids is 2. The van der Waals surface area contributed by atoms with Gasteiger partial charge in [-0.2, -0.15) is 4.31 Å². The van der Waals surface area contributed by atoms with Crippen LogP contribution in [0.1, 0.15) is 12.0 Å². The molecule has 136 valence electrons. The molecule has 2 aliphatic rings. The number of hydrogen-bond acceptors (Lipinski definition) is 4. The van der Waals surface area contributed by atoms with Gasteiger partial charge in [-0.25, -0.2) is 17.6 Å². The van der Waals surface area contributed by atoms with Crippen LogP contribution in [0.15, 0.2) is 12.1 Å². The Bertz CT molecular complexity index is 819. The molecular formula is C15H19FN4O4S. The summed E-state index contributed by atoms with van der Waals surface area (Å²) in [5, 5.41) is 5.28. The fourth-order valence-electron chi connectivity index (χ4n) is 2.97. The maximum atomic E-state index is 13.8. The Kier molecular flexibility index (Phi) is 4.65. The number of anilines is 2. The molecule has 2 heterocycles. The molecule has 10 heteroatoms. The molecule has 0 atom stereocenters. The summed E-state index contributed by atoms with van der Waals surface area (Å²) in [5.74, 6) is -0.677. The van der Waals surface area contributed by atoms with Gasteiger partial charge in [0.2, 0.25) is 15.9 Å². The van der Waals surface area contributed by atoms with Crippen LogP contribution < -0.4 is 10.6 Å². The first-order chi connectivity index (χ1) is 11.7. The number of nitrogens with one attached hydrogen (secondary N) is 2. The van der Waals surface area contributed by atoms with Gasteiger partial charge in [-0.05, 0) is 24.1 Å². The van der Waals surface area contributed by atoms with E-state index >= 15 is 0 Å². The number of nitrogens with zero attached hydrogens (tertiary/aromatic N) is 2. The van der Waals surface area contributed by atoms with Crippen molar-refractivity contribution in [3.05, 3.63) is 23.5 Å². The lowest BCUT2D eigenvalue weighted by molar-refractivity contribution is -0.116. The van der Waals surface area contributed by atoms with Crippen molar-refractivity contribution in [2.45, 2.75) is 12.8 Å². The van der Waals surface area contributed by atoms with E-state index in [-0.39, 0.29) is 44.2 Å². The summed E-state index contributed by atoms with van der Waals surface area (Å²) >= 11 is 0. The zero-order valence-electron chi connectivity index (χ0n) is 13.7. The molecule has 0 spiro atoms. The Morgan fingerprint density at radius 1 is 1.20 bits per heavy atom. The fourth-order valence-corrected chi connectivity index (χ4v) is 3.80. The van der Waals surface area contributed by atoms with E-state index in [2.05, 4.69) is 10.6 Å². The van der Waals surface area contributed by atoms with Crippen molar-refractivity contribution < 1.29 is 22.4 Å². The number of hydrogen-bond donors (Lipinski definition) is 2. The Morgan fingerprint density at radius 3 is 2.52 bits per heavy atom. The van der Waals surface area contributed by atoms with E-state index in [1.165, 1.54) is 15.3 Å². The van der Waals surface area contributed by atoms with Crippen molar-refractivity contribution in [1.29, 1.82) is 0 Å². The molecule has 2 N–H and O–H groups in total. The molecule has 1 saturated heterocycles. The first kappa shape index (κ1) is 17.6. The van der Waals surface area contributed by atoms with Crippen molar-refractivity contribution in [3.8, 4) is 0 Å². The number of carbonyl (C=O) groups is 2. The van der Waals surface area contributed by atoms with Gasteiger partial charge in [0, 0.05) is 32.6 Å². The van der Waals surface area contributed by atoms with Crippen molar-refractivity contribution in [2.24, 2.45) is 0 Å². The van der Waals surface area contributed by atoms with Crippen LogP contribution in [0.5, 0.6) is 0 Å². The van der Waals surface area contributed by atoms with E-state index in [1.807, 2.05) is 0 Å². The second-order valence-corrected chi connectivity index (χ2v) is 8.10. The summed E-state index contributed by atoms with van der Waals surface area (Å²) in [5.41, 5.74) is 1.26. The molecular weight excluding hydrogens is 351 g/mol. The minimum atomic E-state index is -3.28. The zero-order valence-corrected chi connectivity index (χ0v) is 14.5. The molecule has 0 saturated carbocycles. The van der Waals surface area contributed by atoms with Gasteiger partial charge in [0.05, 0.1) is 17.6 Å². The van der Waals surface area contributed by atoms with Gasteiger partial charge in [0.15, 0.2) is 0 Å². The fraction of sp³-hybridized carbons (Fsp3) is 0.467. The molecule has 3 amide bonds. The van der Waals surface area contributed by atoms with Gasteiger partial charge in [-0.15, -0.1) is 0 Å². The highest BCUT2D eigenvalue weighted by Gasteiger charge is 2.27. The predicted molar refractivity (Wildman–Crippen MR) is 90.4 cm³/mol. The molecule has 8 nitrogen and oxygen atoms in total. The highest BCUT2D eigenvalue weighted by atomic mass is 32.2. The summed E-state index contributed by atoms with van der Waals surface area (Å²) in [6.45, 7) is 0.903. The van der Waals surface area contributed by atoms with E-state index < -0.39 is 21.9 Å². The van der Waals surface area contributed by atoms with E-state index in [4.69, 9.17) is 0 Å². The standard InChI is InChI=1S/C15H19FN4O4S/c1-25(23,24)20-6-4-19(5-7-20)15(22)17-12-9-11(16)8-10-2-3-13(21)18-14(10)12/h8-9H,2-7H2,1H3,(H,17,22)(H,18,21). The highest BCUT2D eigenvalue weighted by molar-refractivity contribution is 7.88. The minimum Gasteiger partial charge on any atom is -0.324 e. The van der Waals surface area contributed by atoms with Crippen LogP contribution in [0.2, 0.25) is 0 Å². The summed E-state index contributed by atoms with van der Waals surface area (Å²) in [6, 6.07) is 2.05. The number of urea groups is 1. The average Bonchev–Trinajstić information content (AvgIpc) is 2.54. The van der Waals surface area contributed by atoms with Gasteiger partial charge in [-0.1, -0.05) is 0 Å². The number of benzene rings is 1. The molecule has 1 aromatic carbocycles. The van der Waals surface area contributed by atoms with Gasteiger partial charge in [0.1, 0.15) is 5.82 Å². The lowest BCUT2D eigenvalue weighted by atomic mass is 10.0. The molecule has 0 unspecified atom stereocenters. The number of sulfonamides is 1. The first-order valence-electron chi connectivity index (χ1n) is 7.87. The first-order valence-corrected chi connectivity index (χ1v) is 9.72. The van der Waals surface area contributed by atoms with Crippen molar-refractivity contribution >= 4 is 33.3 Å². The molecule has 3 rings (SSSR count). The van der Waals surface area contributed by atoms with Crippen LogP contribution in [-0.4, -0.2) is 62.0 Å². The predicted octanol–water partition coefficient (Wildman–Crippen LogP) is 0.819. The van der Waals surface area contributed by atoms with Gasteiger partial charge in [-0.3, -0.25) is 4.79 Å². The normalized spacial score (nSPS) is 18.5. The highest BCUT2D eigenvalue weighted by Crippen LogP contribution is 2.32. The number of halogens is 1. The van der Waals surface area contributed by atoms with E-state index in [1.54, 1.807) is 0 Å². The van der Waals surface area contributed by atoms with Crippen LogP contribution in [0.4, 0.5) is 20.6 Å².